The first-order valence-electron chi connectivity index (χ1n) is 4.56. The van der Waals surface area contributed by atoms with Crippen LogP contribution in [-0.2, 0) is 9.53 Å². The topological polar surface area (TPSA) is 46.5 Å². The molecule has 1 heterocycles. The van der Waals surface area contributed by atoms with Gasteiger partial charge in [0, 0.05) is 6.42 Å². The van der Waals surface area contributed by atoms with Crippen LogP contribution in [0.3, 0.4) is 0 Å². The van der Waals surface area contributed by atoms with Crippen LogP contribution in [0.5, 0.6) is 0 Å². The lowest BCUT2D eigenvalue weighted by Crippen LogP contribution is -2.31. The van der Waals surface area contributed by atoms with Gasteiger partial charge in [-0.3, -0.25) is 0 Å². The fraction of sp³-hybridized carbons (Fsp3) is 0.700. The Morgan fingerprint density at radius 3 is 2.08 bits per heavy atom. The van der Waals surface area contributed by atoms with Crippen LogP contribution in [0, 0.1) is 12.3 Å². The lowest BCUT2D eigenvalue weighted by atomic mass is 10.1. The van der Waals surface area contributed by atoms with Crippen molar-refractivity contribution in [2.45, 2.75) is 39.7 Å². The lowest BCUT2D eigenvalue weighted by Gasteiger charge is -2.06. The highest BCUT2D eigenvalue weighted by Crippen LogP contribution is 2.17. The lowest BCUT2D eigenvalue weighted by molar-refractivity contribution is -0.148. The Kier molecular flexibility index (Phi) is 8.52. The first-order valence-corrected chi connectivity index (χ1v) is 4.56. The van der Waals surface area contributed by atoms with E-state index in [-0.39, 0.29) is 13.0 Å². The molecule has 1 rings (SSSR count). The number of carbonyl (C=O) groups excluding carboxylic acids is 1. The van der Waals surface area contributed by atoms with Crippen molar-refractivity contribution in [3.05, 3.63) is 0 Å². The molecule has 1 unspecified atom stereocenters. The number of ether oxygens (including phenoxy) is 1. The van der Waals surface area contributed by atoms with Gasteiger partial charge in [-0.2, -0.15) is 0 Å². The Morgan fingerprint density at radius 1 is 1.46 bits per heavy atom. The fourth-order valence-electron chi connectivity index (χ4n) is 0.644. The van der Waals surface area contributed by atoms with E-state index in [1.54, 1.807) is 0 Å². The van der Waals surface area contributed by atoms with Gasteiger partial charge in [0.2, 0.25) is 5.60 Å². The molecule has 1 atom stereocenters. The minimum atomic E-state index is -1.64. The van der Waals surface area contributed by atoms with Crippen molar-refractivity contribution in [3.8, 4) is 12.3 Å². The molecule has 0 bridgehead atoms. The molecule has 0 spiro atoms. The van der Waals surface area contributed by atoms with E-state index in [1.165, 1.54) is 0 Å². The summed E-state index contributed by atoms with van der Waals surface area (Å²) in [4.78, 5) is 10.5. The first-order chi connectivity index (χ1) is 6.19. The second-order valence-corrected chi connectivity index (χ2v) is 1.89. The molecule has 3 heteroatoms. The maximum atomic E-state index is 10.5. The van der Waals surface area contributed by atoms with E-state index in [0.717, 1.165) is 0 Å². The molecule has 1 saturated heterocycles. The van der Waals surface area contributed by atoms with E-state index < -0.39 is 11.6 Å². The minimum absolute atomic E-state index is 0.211. The molecule has 0 aliphatic carbocycles. The average molecular weight is 186 g/mol. The molecule has 0 saturated carbocycles. The van der Waals surface area contributed by atoms with E-state index in [0.29, 0.717) is 0 Å². The van der Waals surface area contributed by atoms with Crippen molar-refractivity contribution >= 4 is 5.97 Å². The van der Waals surface area contributed by atoms with Gasteiger partial charge >= 0.3 is 5.97 Å². The van der Waals surface area contributed by atoms with Crippen molar-refractivity contribution in [3.63, 3.8) is 0 Å². The summed E-state index contributed by atoms with van der Waals surface area (Å²) in [6.45, 7) is 8.22. The summed E-state index contributed by atoms with van der Waals surface area (Å²) in [5.41, 5.74) is -1.64. The van der Waals surface area contributed by atoms with Gasteiger partial charge in [-0.05, 0) is 0 Å². The third-order valence-corrected chi connectivity index (χ3v) is 1.27. The molecular weight excluding hydrogens is 168 g/mol. The van der Waals surface area contributed by atoms with Gasteiger partial charge in [-0.1, -0.05) is 33.6 Å². The van der Waals surface area contributed by atoms with Crippen molar-refractivity contribution in [1.29, 1.82) is 0 Å². The second kappa shape index (κ2) is 7.63. The van der Waals surface area contributed by atoms with Crippen LogP contribution in [0.2, 0.25) is 0 Å². The predicted molar refractivity (Wildman–Crippen MR) is 52.1 cm³/mol. The van der Waals surface area contributed by atoms with Crippen molar-refractivity contribution < 1.29 is 14.6 Å². The quantitative estimate of drug-likeness (QED) is 0.459. The van der Waals surface area contributed by atoms with Gasteiger partial charge in [0.1, 0.15) is 0 Å². The number of rotatable bonds is 0. The molecule has 0 amide bonds. The van der Waals surface area contributed by atoms with Crippen LogP contribution in [0.1, 0.15) is 34.1 Å². The molecule has 3 nitrogen and oxygen atoms in total. The van der Waals surface area contributed by atoms with Crippen LogP contribution < -0.4 is 0 Å². The molecule has 0 aromatic heterocycles. The van der Waals surface area contributed by atoms with Gasteiger partial charge in [0.25, 0.3) is 0 Å². The standard InChI is InChI=1S/C6H6O3.2C2H6/c1-2-6(8)3-4-9-5(6)7;2*1-2/h1,8H,3-4H2;2*1-2H3. The summed E-state index contributed by atoms with van der Waals surface area (Å²) in [6.07, 6.45) is 5.07. The fourth-order valence-corrected chi connectivity index (χ4v) is 0.644. The van der Waals surface area contributed by atoms with E-state index >= 15 is 0 Å². The normalized spacial score (nSPS) is 24.2. The zero-order valence-electron chi connectivity index (χ0n) is 8.76. The molecule has 1 fully saturated rings. The summed E-state index contributed by atoms with van der Waals surface area (Å²) in [7, 11) is 0. The Bertz CT molecular complexity index is 181. The van der Waals surface area contributed by atoms with Gasteiger partial charge in [-0.25, -0.2) is 4.79 Å². The summed E-state index contributed by atoms with van der Waals surface area (Å²) in [5.74, 6) is 1.27. The molecule has 13 heavy (non-hydrogen) atoms. The number of terminal acetylenes is 1. The Balaban J connectivity index is 0. The van der Waals surface area contributed by atoms with Crippen molar-refractivity contribution in [1.82, 2.24) is 0 Å². The SMILES string of the molecule is C#CC1(O)CCOC1=O.CC.CC. The highest BCUT2D eigenvalue weighted by Gasteiger charge is 2.40. The predicted octanol–water partition coefficient (Wildman–Crippen LogP) is 1.35. The minimum Gasteiger partial charge on any atom is -0.463 e. The monoisotopic (exact) mass is 186 g/mol. The van der Waals surface area contributed by atoms with Gasteiger partial charge in [-0.15, -0.1) is 6.42 Å². The van der Waals surface area contributed by atoms with E-state index in [9.17, 15) is 4.79 Å². The van der Waals surface area contributed by atoms with Gasteiger partial charge in [0.15, 0.2) is 0 Å². The highest BCUT2D eigenvalue weighted by atomic mass is 16.6. The van der Waals surface area contributed by atoms with Crippen LogP contribution >= 0.6 is 0 Å². The summed E-state index contributed by atoms with van der Waals surface area (Å²) in [6, 6.07) is 0. The van der Waals surface area contributed by atoms with Crippen molar-refractivity contribution in [2.75, 3.05) is 6.61 Å². The largest absolute Gasteiger partial charge is 0.463 e. The molecule has 0 radical (unpaired) electrons. The van der Waals surface area contributed by atoms with E-state index in [4.69, 9.17) is 11.5 Å². The van der Waals surface area contributed by atoms with E-state index in [1.807, 2.05) is 33.6 Å². The van der Waals surface area contributed by atoms with E-state index in [2.05, 4.69) is 4.74 Å². The van der Waals surface area contributed by atoms with Crippen LogP contribution in [0.15, 0.2) is 0 Å². The number of hydrogen-bond acceptors (Lipinski definition) is 3. The Labute approximate surface area is 80.1 Å². The third-order valence-electron chi connectivity index (χ3n) is 1.27. The average Bonchev–Trinajstić information content (AvgIpc) is 2.54. The number of hydrogen-bond donors (Lipinski definition) is 1. The third kappa shape index (κ3) is 3.95. The molecule has 1 aliphatic rings. The summed E-state index contributed by atoms with van der Waals surface area (Å²) >= 11 is 0. The smallest absolute Gasteiger partial charge is 0.351 e. The number of aliphatic hydroxyl groups is 1. The number of esters is 1. The summed E-state index contributed by atoms with van der Waals surface area (Å²) in [5, 5.41) is 9.06. The Hall–Kier alpha value is -1.01. The zero-order chi connectivity index (χ0) is 10.9. The van der Waals surface area contributed by atoms with Crippen LogP contribution in [0.25, 0.3) is 0 Å². The molecule has 0 aromatic carbocycles. The number of cyclic esters (lactones) is 1. The summed E-state index contributed by atoms with van der Waals surface area (Å²) < 4.78 is 4.43. The number of carbonyl (C=O) groups is 1. The van der Waals surface area contributed by atoms with Gasteiger partial charge < -0.3 is 9.84 Å². The highest BCUT2D eigenvalue weighted by molar-refractivity contribution is 5.84. The maximum absolute atomic E-state index is 10.5. The van der Waals surface area contributed by atoms with Crippen LogP contribution in [0.4, 0.5) is 0 Å². The van der Waals surface area contributed by atoms with Gasteiger partial charge in [0.05, 0.1) is 6.61 Å². The molecule has 1 aliphatic heterocycles. The molecular formula is C10H18O3. The van der Waals surface area contributed by atoms with Crippen LogP contribution in [-0.4, -0.2) is 23.3 Å². The van der Waals surface area contributed by atoms with Crippen molar-refractivity contribution in [2.24, 2.45) is 0 Å². The second-order valence-electron chi connectivity index (χ2n) is 1.89. The molecule has 0 aromatic rings. The molecule has 76 valence electrons. The molecule has 1 N–H and O–H groups in total. The first kappa shape index (κ1) is 14.5. The Morgan fingerprint density at radius 2 is 1.92 bits per heavy atom. The maximum Gasteiger partial charge on any atom is 0.351 e. The zero-order valence-corrected chi connectivity index (χ0v) is 8.76.